The van der Waals surface area contributed by atoms with Crippen LogP contribution in [0.5, 0.6) is 0 Å². The molecule has 3 rings (SSSR count). The zero-order chi connectivity index (χ0) is 20.5. The van der Waals surface area contributed by atoms with E-state index in [0.29, 0.717) is 23.8 Å². The van der Waals surface area contributed by atoms with E-state index in [0.717, 1.165) is 30.0 Å². The van der Waals surface area contributed by atoms with Gasteiger partial charge in [-0.05, 0) is 37.5 Å². The Morgan fingerprint density at radius 3 is 2.71 bits per heavy atom. The second-order valence-corrected chi connectivity index (χ2v) is 9.89. The number of sulfone groups is 1. The van der Waals surface area contributed by atoms with Gasteiger partial charge in [0.2, 0.25) is 5.95 Å². The highest BCUT2D eigenvalue weighted by atomic mass is 35.5. The van der Waals surface area contributed by atoms with Crippen LogP contribution in [0, 0.1) is 6.92 Å². The maximum atomic E-state index is 11.9. The molecule has 2 heterocycles. The first-order chi connectivity index (χ1) is 13.2. The Balaban J connectivity index is 2.01. The average molecular weight is 425 g/mol. The van der Waals surface area contributed by atoms with E-state index in [1.54, 1.807) is 13.0 Å². The van der Waals surface area contributed by atoms with Gasteiger partial charge in [-0.25, -0.2) is 13.4 Å². The quantitative estimate of drug-likeness (QED) is 0.804. The van der Waals surface area contributed by atoms with Crippen molar-refractivity contribution >= 4 is 33.2 Å². The van der Waals surface area contributed by atoms with E-state index in [4.69, 9.17) is 22.1 Å². The Morgan fingerprint density at radius 1 is 1.32 bits per heavy atom. The molecular formula is C19H25ClN4O3S. The summed E-state index contributed by atoms with van der Waals surface area (Å²) >= 11 is 6.59. The lowest BCUT2D eigenvalue weighted by molar-refractivity contribution is 0.134. The molecule has 152 valence electrons. The summed E-state index contributed by atoms with van der Waals surface area (Å²) in [5, 5.41) is -0.114. The summed E-state index contributed by atoms with van der Waals surface area (Å²) in [7, 11) is -3.20. The van der Waals surface area contributed by atoms with E-state index in [9.17, 15) is 8.42 Å². The molecule has 28 heavy (non-hydrogen) atoms. The number of hydrogen-bond donors (Lipinski definition) is 1. The molecule has 1 aromatic heterocycles. The molecule has 2 N–H and O–H groups in total. The molecule has 0 saturated carbocycles. The van der Waals surface area contributed by atoms with E-state index in [-0.39, 0.29) is 12.0 Å². The van der Waals surface area contributed by atoms with Gasteiger partial charge in [0, 0.05) is 36.2 Å². The van der Waals surface area contributed by atoms with Crippen molar-refractivity contribution in [2.75, 3.05) is 36.6 Å². The second-order valence-electron chi connectivity index (χ2n) is 7.12. The number of anilines is 2. The van der Waals surface area contributed by atoms with Gasteiger partial charge in [-0.3, -0.25) is 0 Å². The molecule has 1 fully saturated rings. The van der Waals surface area contributed by atoms with Crippen LogP contribution in [0.4, 0.5) is 11.8 Å². The summed E-state index contributed by atoms with van der Waals surface area (Å²) in [5.41, 5.74) is 8.17. The number of benzene rings is 1. The van der Waals surface area contributed by atoms with Gasteiger partial charge in [0.25, 0.3) is 0 Å². The number of aryl methyl sites for hydroxylation is 1. The molecule has 0 aliphatic carbocycles. The lowest BCUT2D eigenvalue weighted by Gasteiger charge is -2.31. The van der Waals surface area contributed by atoms with Gasteiger partial charge in [-0.2, -0.15) is 4.98 Å². The minimum atomic E-state index is -3.20. The Hall–Kier alpha value is -1.90. The van der Waals surface area contributed by atoms with Crippen molar-refractivity contribution in [2.45, 2.75) is 31.6 Å². The topological polar surface area (TPSA) is 98.4 Å². The van der Waals surface area contributed by atoms with Crippen molar-refractivity contribution in [1.82, 2.24) is 9.97 Å². The number of ether oxygens (including phenoxy) is 1. The lowest BCUT2D eigenvalue weighted by Crippen LogP contribution is -2.32. The van der Waals surface area contributed by atoms with Crippen molar-refractivity contribution < 1.29 is 13.2 Å². The molecule has 0 bridgehead atoms. The van der Waals surface area contributed by atoms with Crippen LogP contribution in [-0.2, 0) is 14.6 Å². The van der Waals surface area contributed by atoms with Gasteiger partial charge in [-0.15, -0.1) is 0 Å². The van der Waals surface area contributed by atoms with Crippen LogP contribution < -0.4 is 10.6 Å². The van der Waals surface area contributed by atoms with Crippen molar-refractivity contribution in [2.24, 2.45) is 0 Å². The third kappa shape index (κ3) is 4.56. The van der Waals surface area contributed by atoms with E-state index >= 15 is 0 Å². The number of aromatic nitrogens is 2. The molecule has 0 radical (unpaired) electrons. The standard InChI is InChI=1S/C19H25ClN4O3S/c1-12-9-18(23-19(21)22-12)24-7-4-8-27-11-17(24)15-6-5-14(10-16(15)20)13(2)28(3,25)26/h5-6,9-10,13,17H,4,7-8,11H2,1-3H3,(H2,21,22,23)/t13-,17+/m1/s1. The highest BCUT2D eigenvalue weighted by molar-refractivity contribution is 7.90. The van der Waals surface area contributed by atoms with Gasteiger partial charge in [0.1, 0.15) is 5.82 Å². The number of rotatable bonds is 4. The van der Waals surface area contributed by atoms with Crippen LogP contribution >= 0.6 is 11.6 Å². The number of halogens is 1. The lowest BCUT2D eigenvalue weighted by atomic mass is 10.0. The molecule has 2 aromatic rings. The van der Waals surface area contributed by atoms with Crippen molar-refractivity contribution in [3.05, 3.63) is 46.1 Å². The first-order valence-electron chi connectivity index (χ1n) is 9.10. The highest BCUT2D eigenvalue weighted by Crippen LogP contribution is 2.35. The van der Waals surface area contributed by atoms with Crippen LogP contribution in [0.3, 0.4) is 0 Å². The highest BCUT2D eigenvalue weighted by Gasteiger charge is 2.28. The summed E-state index contributed by atoms with van der Waals surface area (Å²) in [6, 6.07) is 7.15. The Bertz CT molecular complexity index is 947. The molecule has 1 aliphatic heterocycles. The van der Waals surface area contributed by atoms with Crippen molar-refractivity contribution in [3.63, 3.8) is 0 Å². The SMILES string of the molecule is Cc1cc(N2CCCOC[C@H]2c2ccc([C@@H](C)S(C)(=O)=O)cc2Cl)nc(N)n1. The Kier molecular flexibility index (Phi) is 6.12. The van der Waals surface area contributed by atoms with Crippen LogP contribution in [-0.4, -0.2) is 44.4 Å². The maximum absolute atomic E-state index is 11.9. The minimum Gasteiger partial charge on any atom is -0.379 e. The van der Waals surface area contributed by atoms with Gasteiger partial charge in [0.15, 0.2) is 9.84 Å². The zero-order valence-corrected chi connectivity index (χ0v) is 17.8. The Labute approximate surface area is 170 Å². The summed E-state index contributed by atoms with van der Waals surface area (Å²) in [5.74, 6) is 0.951. The van der Waals surface area contributed by atoms with Crippen molar-refractivity contribution in [3.8, 4) is 0 Å². The van der Waals surface area contributed by atoms with Crippen LogP contribution in [0.15, 0.2) is 24.3 Å². The molecule has 0 amide bonds. The number of nitrogens with two attached hydrogens (primary N) is 1. The largest absolute Gasteiger partial charge is 0.379 e. The predicted molar refractivity (Wildman–Crippen MR) is 111 cm³/mol. The van der Waals surface area contributed by atoms with Crippen LogP contribution in [0.2, 0.25) is 5.02 Å². The smallest absolute Gasteiger partial charge is 0.222 e. The molecule has 7 nitrogen and oxygen atoms in total. The monoisotopic (exact) mass is 424 g/mol. The fourth-order valence-electron chi connectivity index (χ4n) is 3.34. The van der Waals surface area contributed by atoms with Crippen LogP contribution in [0.1, 0.15) is 41.5 Å². The van der Waals surface area contributed by atoms with Crippen molar-refractivity contribution in [1.29, 1.82) is 0 Å². The predicted octanol–water partition coefficient (Wildman–Crippen LogP) is 3.09. The molecule has 0 unspecified atom stereocenters. The van der Waals surface area contributed by atoms with Gasteiger partial charge in [0.05, 0.1) is 17.9 Å². The molecule has 2 atom stereocenters. The van der Waals surface area contributed by atoms with E-state index in [1.165, 1.54) is 6.26 Å². The van der Waals surface area contributed by atoms with Gasteiger partial charge < -0.3 is 15.4 Å². The first-order valence-corrected chi connectivity index (χ1v) is 11.4. The molecular weight excluding hydrogens is 400 g/mol. The molecule has 1 aliphatic rings. The number of nitrogen functional groups attached to an aromatic ring is 1. The average Bonchev–Trinajstić information content (AvgIpc) is 2.85. The fraction of sp³-hybridized carbons (Fsp3) is 0.474. The van der Waals surface area contributed by atoms with Crippen LogP contribution in [0.25, 0.3) is 0 Å². The summed E-state index contributed by atoms with van der Waals surface area (Å²) in [4.78, 5) is 10.7. The van der Waals surface area contributed by atoms with Gasteiger partial charge in [-0.1, -0.05) is 23.7 Å². The number of nitrogens with zero attached hydrogens (tertiary/aromatic N) is 3. The third-order valence-corrected chi connectivity index (χ3v) is 6.87. The third-order valence-electron chi connectivity index (χ3n) is 4.99. The van der Waals surface area contributed by atoms with E-state index in [2.05, 4.69) is 14.9 Å². The first kappa shape index (κ1) is 20.8. The van der Waals surface area contributed by atoms with Gasteiger partial charge >= 0.3 is 0 Å². The summed E-state index contributed by atoms with van der Waals surface area (Å²) in [6.07, 6.45) is 2.07. The fourth-order valence-corrected chi connectivity index (χ4v) is 4.30. The minimum absolute atomic E-state index is 0.161. The van der Waals surface area contributed by atoms with E-state index in [1.807, 2.05) is 25.1 Å². The molecule has 9 heteroatoms. The number of hydrogen-bond acceptors (Lipinski definition) is 7. The Morgan fingerprint density at radius 2 is 2.07 bits per heavy atom. The molecule has 1 saturated heterocycles. The summed E-state index contributed by atoms with van der Waals surface area (Å²) in [6.45, 7) is 5.36. The normalized spacial score (nSPS) is 19.3. The maximum Gasteiger partial charge on any atom is 0.222 e. The van der Waals surface area contributed by atoms with E-state index < -0.39 is 15.1 Å². The second kappa shape index (κ2) is 8.23. The molecule has 0 spiro atoms. The summed E-state index contributed by atoms with van der Waals surface area (Å²) < 4.78 is 29.5. The zero-order valence-electron chi connectivity index (χ0n) is 16.2. The molecule has 1 aromatic carbocycles.